The quantitative estimate of drug-likeness (QED) is 0.686. The third-order valence-electron chi connectivity index (χ3n) is 2.90. The van der Waals surface area contributed by atoms with Gasteiger partial charge in [0.15, 0.2) is 0 Å². The highest BCUT2D eigenvalue weighted by atomic mass is 16.6. The summed E-state index contributed by atoms with van der Waals surface area (Å²) < 4.78 is 0. The number of hydrogen-bond acceptors (Lipinski definition) is 4. The molecule has 0 amide bonds. The van der Waals surface area contributed by atoms with E-state index in [1.54, 1.807) is 0 Å². The molecule has 0 saturated carbocycles. The molecular formula is C13H12N4O. The van der Waals surface area contributed by atoms with Gasteiger partial charge < -0.3 is 0 Å². The minimum Gasteiger partial charge on any atom is -0.292 e. The molecule has 5 heteroatoms. The summed E-state index contributed by atoms with van der Waals surface area (Å²) in [4.78, 5) is 5.12. The fourth-order valence-electron chi connectivity index (χ4n) is 2.06. The predicted octanol–water partition coefficient (Wildman–Crippen LogP) is 1.94. The molecule has 0 saturated heterocycles. The van der Waals surface area contributed by atoms with Crippen molar-refractivity contribution in [2.45, 2.75) is 6.10 Å². The van der Waals surface area contributed by atoms with E-state index in [4.69, 9.17) is 10.7 Å². The molecule has 5 nitrogen and oxygen atoms in total. The van der Waals surface area contributed by atoms with Gasteiger partial charge in [0.25, 0.3) is 0 Å². The van der Waals surface area contributed by atoms with Crippen molar-refractivity contribution >= 4 is 11.0 Å². The number of nitrogens with one attached hydrogen (secondary N) is 1. The standard InChI is InChI=1S/C13H12N4O/c14-18-13(9-5-2-1-3-6-9)10-7-4-8-11-12(10)16-17-15-11/h1-8,13H,14H2,(H,15,16,17). The number of para-hydroxylation sites is 1. The van der Waals surface area contributed by atoms with Crippen LogP contribution in [-0.2, 0) is 4.84 Å². The van der Waals surface area contributed by atoms with E-state index < -0.39 is 0 Å². The molecule has 3 rings (SSSR count). The van der Waals surface area contributed by atoms with E-state index in [9.17, 15) is 0 Å². The summed E-state index contributed by atoms with van der Waals surface area (Å²) >= 11 is 0. The number of aromatic nitrogens is 3. The molecule has 2 aromatic carbocycles. The molecule has 0 aliphatic heterocycles. The minimum absolute atomic E-state index is 0.347. The second kappa shape index (κ2) is 4.56. The van der Waals surface area contributed by atoms with Gasteiger partial charge in [-0.05, 0) is 11.6 Å². The van der Waals surface area contributed by atoms with E-state index in [0.717, 1.165) is 22.2 Å². The largest absolute Gasteiger partial charge is 0.292 e. The lowest BCUT2D eigenvalue weighted by molar-refractivity contribution is 0.0822. The lowest BCUT2D eigenvalue weighted by Crippen LogP contribution is -2.11. The van der Waals surface area contributed by atoms with Crippen molar-refractivity contribution in [2.75, 3.05) is 0 Å². The maximum atomic E-state index is 5.44. The summed E-state index contributed by atoms with van der Waals surface area (Å²) in [6.07, 6.45) is -0.347. The Bertz CT molecular complexity index is 650. The highest BCUT2D eigenvalue weighted by molar-refractivity contribution is 5.78. The van der Waals surface area contributed by atoms with E-state index in [1.165, 1.54) is 0 Å². The topological polar surface area (TPSA) is 76.8 Å². The molecule has 1 heterocycles. The van der Waals surface area contributed by atoms with Gasteiger partial charge in [0.1, 0.15) is 17.1 Å². The van der Waals surface area contributed by atoms with Gasteiger partial charge in [-0.2, -0.15) is 15.4 Å². The minimum atomic E-state index is -0.347. The second-order valence-corrected chi connectivity index (χ2v) is 3.97. The van der Waals surface area contributed by atoms with E-state index >= 15 is 0 Å². The average Bonchev–Trinajstić information content (AvgIpc) is 2.90. The zero-order chi connectivity index (χ0) is 12.4. The van der Waals surface area contributed by atoms with Crippen LogP contribution in [-0.4, -0.2) is 15.4 Å². The Balaban J connectivity index is 2.15. The van der Waals surface area contributed by atoms with Crippen LogP contribution in [0.4, 0.5) is 0 Å². The van der Waals surface area contributed by atoms with Crippen molar-refractivity contribution in [1.82, 2.24) is 15.4 Å². The number of nitrogens with zero attached hydrogens (tertiary/aromatic N) is 2. The Morgan fingerprint density at radius 2 is 1.83 bits per heavy atom. The number of nitrogens with two attached hydrogens (primary N) is 1. The molecule has 1 unspecified atom stereocenters. The zero-order valence-corrected chi connectivity index (χ0v) is 9.58. The maximum absolute atomic E-state index is 5.44. The highest BCUT2D eigenvalue weighted by Gasteiger charge is 2.18. The molecule has 0 aliphatic carbocycles. The van der Waals surface area contributed by atoms with E-state index in [0.29, 0.717) is 0 Å². The molecule has 0 spiro atoms. The summed E-state index contributed by atoms with van der Waals surface area (Å²) in [7, 11) is 0. The summed E-state index contributed by atoms with van der Waals surface area (Å²) in [5.74, 6) is 5.44. The van der Waals surface area contributed by atoms with Gasteiger partial charge >= 0.3 is 0 Å². The Labute approximate surface area is 104 Å². The number of hydrogen-bond donors (Lipinski definition) is 2. The molecule has 0 fully saturated rings. The number of rotatable bonds is 3. The molecular weight excluding hydrogens is 228 g/mol. The Hall–Kier alpha value is -2.24. The van der Waals surface area contributed by atoms with Crippen molar-refractivity contribution < 1.29 is 4.84 Å². The van der Waals surface area contributed by atoms with Gasteiger partial charge in [-0.1, -0.05) is 42.5 Å². The maximum Gasteiger partial charge on any atom is 0.131 e. The van der Waals surface area contributed by atoms with Gasteiger partial charge in [0.05, 0.1) is 0 Å². The van der Waals surface area contributed by atoms with Crippen LogP contribution in [0.3, 0.4) is 0 Å². The van der Waals surface area contributed by atoms with Crippen LogP contribution in [0, 0.1) is 0 Å². The van der Waals surface area contributed by atoms with Crippen LogP contribution in [0.25, 0.3) is 11.0 Å². The van der Waals surface area contributed by atoms with Crippen LogP contribution in [0.15, 0.2) is 48.5 Å². The fourth-order valence-corrected chi connectivity index (χ4v) is 2.06. The fraction of sp³-hybridized carbons (Fsp3) is 0.0769. The predicted molar refractivity (Wildman–Crippen MR) is 67.4 cm³/mol. The molecule has 0 bridgehead atoms. The number of benzene rings is 2. The summed E-state index contributed by atoms with van der Waals surface area (Å²) in [5, 5.41) is 10.8. The van der Waals surface area contributed by atoms with Crippen LogP contribution < -0.4 is 5.90 Å². The first-order chi connectivity index (χ1) is 8.90. The Kier molecular flexibility index (Phi) is 2.76. The van der Waals surface area contributed by atoms with Gasteiger partial charge in [-0.3, -0.25) is 4.84 Å². The third-order valence-corrected chi connectivity index (χ3v) is 2.90. The van der Waals surface area contributed by atoms with Gasteiger partial charge in [-0.25, -0.2) is 5.90 Å². The van der Waals surface area contributed by atoms with Crippen molar-refractivity contribution in [3.63, 3.8) is 0 Å². The molecule has 3 aromatic rings. The van der Waals surface area contributed by atoms with Crippen molar-refractivity contribution in [2.24, 2.45) is 5.90 Å². The lowest BCUT2D eigenvalue weighted by Gasteiger charge is -2.15. The number of fused-ring (bicyclic) bond motifs is 1. The first kappa shape index (κ1) is 10.9. The van der Waals surface area contributed by atoms with Crippen molar-refractivity contribution in [3.05, 3.63) is 59.7 Å². The Morgan fingerprint density at radius 3 is 2.61 bits per heavy atom. The molecule has 3 N–H and O–H groups in total. The molecule has 0 aliphatic rings. The molecule has 90 valence electrons. The highest BCUT2D eigenvalue weighted by Crippen LogP contribution is 2.28. The van der Waals surface area contributed by atoms with E-state index in [-0.39, 0.29) is 6.10 Å². The van der Waals surface area contributed by atoms with Gasteiger partial charge in [0, 0.05) is 5.56 Å². The van der Waals surface area contributed by atoms with Gasteiger partial charge in [-0.15, -0.1) is 0 Å². The van der Waals surface area contributed by atoms with Crippen LogP contribution in [0.2, 0.25) is 0 Å². The van der Waals surface area contributed by atoms with E-state index in [1.807, 2.05) is 48.5 Å². The molecule has 1 aromatic heterocycles. The first-order valence-electron chi connectivity index (χ1n) is 5.60. The van der Waals surface area contributed by atoms with Crippen LogP contribution >= 0.6 is 0 Å². The average molecular weight is 240 g/mol. The summed E-state index contributed by atoms with van der Waals surface area (Å²) in [6, 6.07) is 15.5. The third kappa shape index (κ3) is 1.75. The number of aromatic amines is 1. The SMILES string of the molecule is NOC(c1ccccc1)c1cccc2n[nH]nc12. The molecule has 1 atom stereocenters. The first-order valence-corrected chi connectivity index (χ1v) is 5.60. The Morgan fingerprint density at radius 1 is 1.00 bits per heavy atom. The number of H-pyrrole nitrogens is 1. The van der Waals surface area contributed by atoms with E-state index in [2.05, 4.69) is 15.4 Å². The molecule has 18 heavy (non-hydrogen) atoms. The van der Waals surface area contributed by atoms with Crippen molar-refractivity contribution in [3.8, 4) is 0 Å². The van der Waals surface area contributed by atoms with Crippen LogP contribution in [0.5, 0.6) is 0 Å². The smallest absolute Gasteiger partial charge is 0.131 e. The second-order valence-electron chi connectivity index (χ2n) is 3.97. The normalized spacial score (nSPS) is 12.7. The zero-order valence-electron chi connectivity index (χ0n) is 9.58. The lowest BCUT2D eigenvalue weighted by atomic mass is 10.0. The molecule has 0 radical (unpaired) electrons. The monoisotopic (exact) mass is 240 g/mol. The summed E-state index contributed by atoms with van der Waals surface area (Å²) in [6.45, 7) is 0. The summed E-state index contributed by atoms with van der Waals surface area (Å²) in [5.41, 5.74) is 3.45. The van der Waals surface area contributed by atoms with Crippen molar-refractivity contribution in [1.29, 1.82) is 0 Å². The van der Waals surface area contributed by atoms with Crippen LogP contribution in [0.1, 0.15) is 17.2 Å². The van der Waals surface area contributed by atoms with Gasteiger partial charge in [0.2, 0.25) is 0 Å².